The highest BCUT2D eigenvalue weighted by Crippen LogP contribution is 2.33. The fraction of sp³-hybridized carbons (Fsp3) is 0.222. The average molecular weight is 442 g/mol. The number of nitrogens with zero attached hydrogens (tertiary/aromatic N) is 2. The molecule has 168 valence electrons. The second kappa shape index (κ2) is 8.90. The van der Waals surface area contributed by atoms with Gasteiger partial charge in [-0.3, -0.25) is 19.5 Å². The summed E-state index contributed by atoms with van der Waals surface area (Å²) >= 11 is 0. The Morgan fingerprint density at radius 1 is 0.909 bits per heavy atom. The summed E-state index contributed by atoms with van der Waals surface area (Å²) < 4.78 is 5.24. The molecule has 0 unspecified atom stereocenters. The Morgan fingerprint density at radius 2 is 1.61 bits per heavy atom. The molecule has 2 amide bonds. The van der Waals surface area contributed by atoms with Gasteiger partial charge >= 0.3 is 0 Å². The minimum absolute atomic E-state index is 0.0185. The highest BCUT2D eigenvalue weighted by atomic mass is 16.5. The maximum absolute atomic E-state index is 13.4. The molecule has 0 bridgehead atoms. The summed E-state index contributed by atoms with van der Waals surface area (Å²) in [5, 5.41) is 3.21. The van der Waals surface area contributed by atoms with Crippen molar-refractivity contribution in [1.29, 1.82) is 0 Å². The van der Waals surface area contributed by atoms with Crippen molar-refractivity contribution < 1.29 is 14.3 Å². The van der Waals surface area contributed by atoms with Crippen LogP contribution in [0.4, 0.5) is 5.69 Å². The van der Waals surface area contributed by atoms with Gasteiger partial charge in [-0.1, -0.05) is 51.1 Å². The Bertz CT molecular complexity index is 1190. The Hall–Kier alpha value is -3.93. The van der Waals surface area contributed by atoms with Gasteiger partial charge in [0.1, 0.15) is 11.4 Å². The first-order valence-corrected chi connectivity index (χ1v) is 10.8. The van der Waals surface area contributed by atoms with Crippen molar-refractivity contribution in [3.8, 4) is 5.75 Å². The number of carbonyl (C=O) groups excluding carboxylic acids is 2. The molecule has 0 saturated carbocycles. The average Bonchev–Trinajstić information content (AvgIpc) is 3.04. The number of imide groups is 1. The van der Waals surface area contributed by atoms with E-state index < -0.39 is 0 Å². The van der Waals surface area contributed by atoms with Crippen molar-refractivity contribution in [2.45, 2.75) is 32.7 Å². The molecule has 0 aliphatic carbocycles. The molecule has 3 aromatic rings. The fourth-order valence-electron chi connectivity index (χ4n) is 3.71. The number of carbonyl (C=O) groups is 2. The van der Waals surface area contributed by atoms with Crippen LogP contribution in [-0.4, -0.2) is 28.8 Å². The topological polar surface area (TPSA) is 71.5 Å². The second-order valence-electron chi connectivity index (χ2n) is 8.95. The number of rotatable bonds is 6. The van der Waals surface area contributed by atoms with E-state index in [1.807, 2.05) is 30.3 Å². The minimum Gasteiger partial charge on any atom is -0.497 e. The third kappa shape index (κ3) is 4.65. The van der Waals surface area contributed by atoms with E-state index in [-0.39, 0.29) is 29.5 Å². The molecule has 0 radical (unpaired) electrons. The number of methoxy groups -OCH3 is 1. The number of ether oxygens (including phenoxy) is 1. The van der Waals surface area contributed by atoms with Crippen LogP contribution >= 0.6 is 0 Å². The van der Waals surface area contributed by atoms with E-state index in [0.717, 1.165) is 5.69 Å². The van der Waals surface area contributed by atoms with E-state index in [1.54, 1.807) is 49.7 Å². The van der Waals surface area contributed by atoms with Crippen molar-refractivity contribution in [3.63, 3.8) is 0 Å². The number of benzene rings is 2. The van der Waals surface area contributed by atoms with Crippen LogP contribution in [0.1, 0.15) is 37.6 Å². The number of hydrogen-bond donors (Lipinski definition) is 1. The predicted molar refractivity (Wildman–Crippen MR) is 128 cm³/mol. The molecule has 1 N–H and O–H groups in total. The summed E-state index contributed by atoms with van der Waals surface area (Å²) in [7, 11) is 1.58. The molecule has 0 fully saturated rings. The van der Waals surface area contributed by atoms with E-state index in [2.05, 4.69) is 31.1 Å². The lowest BCUT2D eigenvalue weighted by Crippen LogP contribution is -2.32. The number of hydrogen-bond acceptors (Lipinski definition) is 5. The zero-order valence-electron chi connectivity index (χ0n) is 19.3. The van der Waals surface area contributed by atoms with Crippen molar-refractivity contribution >= 4 is 23.1 Å². The van der Waals surface area contributed by atoms with Crippen LogP contribution in [0.25, 0.3) is 5.57 Å². The zero-order valence-corrected chi connectivity index (χ0v) is 19.3. The number of pyridine rings is 1. The van der Waals surface area contributed by atoms with Crippen molar-refractivity contribution in [2.75, 3.05) is 12.4 Å². The molecule has 1 aromatic heterocycles. The Balaban J connectivity index is 1.71. The summed E-state index contributed by atoms with van der Waals surface area (Å²) in [6.45, 7) is 6.55. The summed E-state index contributed by atoms with van der Waals surface area (Å²) in [5.74, 6) is -0.0604. The molecule has 0 spiro atoms. The highest BCUT2D eigenvalue weighted by Gasteiger charge is 2.39. The normalized spacial score (nSPS) is 14.1. The SMILES string of the molecule is COc1ccc(C2=C(Nc3ccc(C(C)(C)C)cc3)C(=O)N(Cc3ccccn3)C2=O)cc1. The maximum Gasteiger partial charge on any atom is 0.278 e. The van der Waals surface area contributed by atoms with Crippen LogP contribution in [0.3, 0.4) is 0 Å². The molecule has 2 heterocycles. The lowest BCUT2D eigenvalue weighted by molar-refractivity contribution is -0.137. The van der Waals surface area contributed by atoms with E-state index in [9.17, 15) is 9.59 Å². The molecule has 0 saturated heterocycles. The van der Waals surface area contributed by atoms with Gasteiger partial charge in [-0.25, -0.2) is 0 Å². The minimum atomic E-state index is -0.378. The monoisotopic (exact) mass is 441 g/mol. The first kappa shape index (κ1) is 22.3. The van der Waals surface area contributed by atoms with Gasteiger partial charge in [-0.15, -0.1) is 0 Å². The van der Waals surface area contributed by atoms with Gasteiger partial charge in [-0.2, -0.15) is 0 Å². The van der Waals surface area contributed by atoms with E-state index in [0.29, 0.717) is 22.6 Å². The number of nitrogens with one attached hydrogen (secondary N) is 1. The van der Waals surface area contributed by atoms with Crippen molar-refractivity contribution in [2.24, 2.45) is 0 Å². The van der Waals surface area contributed by atoms with Gasteiger partial charge in [0.05, 0.1) is 24.9 Å². The third-order valence-electron chi connectivity index (χ3n) is 5.61. The molecular formula is C27H27N3O3. The number of anilines is 1. The molecule has 33 heavy (non-hydrogen) atoms. The van der Waals surface area contributed by atoms with E-state index in [1.165, 1.54) is 10.5 Å². The van der Waals surface area contributed by atoms with Crippen LogP contribution in [0.15, 0.2) is 78.6 Å². The van der Waals surface area contributed by atoms with Gasteiger partial charge < -0.3 is 10.1 Å². The van der Waals surface area contributed by atoms with Crippen LogP contribution in [-0.2, 0) is 21.5 Å². The van der Waals surface area contributed by atoms with Gasteiger partial charge in [0.25, 0.3) is 11.8 Å². The second-order valence-corrected chi connectivity index (χ2v) is 8.95. The molecule has 1 aliphatic heterocycles. The standard InChI is InChI=1S/C27H27N3O3/c1-27(2,3)19-10-12-20(13-11-19)29-24-23(18-8-14-22(33-4)15-9-18)25(31)30(26(24)32)17-21-7-5-6-16-28-21/h5-16,29H,17H2,1-4H3. The first-order chi connectivity index (χ1) is 15.8. The summed E-state index contributed by atoms with van der Waals surface area (Å²) in [6, 6.07) is 20.5. The van der Waals surface area contributed by atoms with Crippen molar-refractivity contribution in [3.05, 3.63) is 95.4 Å². The lowest BCUT2D eigenvalue weighted by atomic mass is 9.87. The smallest absolute Gasteiger partial charge is 0.278 e. The van der Waals surface area contributed by atoms with Crippen molar-refractivity contribution in [1.82, 2.24) is 9.88 Å². The van der Waals surface area contributed by atoms with E-state index in [4.69, 9.17) is 4.74 Å². The molecule has 6 nitrogen and oxygen atoms in total. The third-order valence-corrected chi connectivity index (χ3v) is 5.61. The molecule has 4 rings (SSSR count). The summed E-state index contributed by atoms with van der Waals surface area (Å²) in [5.41, 5.74) is 3.82. The Morgan fingerprint density at radius 3 is 2.18 bits per heavy atom. The molecule has 6 heteroatoms. The van der Waals surface area contributed by atoms with Gasteiger partial charge in [0.2, 0.25) is 0 Å². The maximum atomic E-state index is 13.4. The highest BCUT2D eigenvalue weighted by molar-refractivity contribution is 6.36. The van der Waals surface area contributed by atoms with Gasteiger partial charge in [-0.05, 0) is 52.9 Å². The Labute approximate surface area is 193 Å². The lowest BCUT2D eigenvalue weighted by Gasteiger charge is -2.19. The van der Waals surface area contributed by atoms with Crippen LogP contribution in [0.5, 0.6) is 5.75 Å². The largest absolute Gasteiger partial charge is 0.497 e. The molecule has 2 aromatic carbocycles. The number of aromatic nitrogens is 1. The molecule has 1 aliphatic rings. The fourth-order valence-corrected chi connectivity index (χ4v) is 3.71. The first-order valence-electron chi connectivity index (χ1n) is 10.8. The van der Waals surface area contributed by atoms with Crippen LogP contribution < -0.4 is 10.1 Å². The van der Waals surface area contributed by atoms with Crippen LogP contribution in [0, 0.1) is 0 Å². The van der Waals surface area contributed by atoms with Gasteiger partial charge in [0.15, 0.2) is 0 Å². The number of amides is 2. The Kier molecular flexibility index (Phi) is 6.01. The summed E-state index contributed by atoms with van der Waals surface area (Å²) in [6.07, 6.45) is 1.65. The molecule has 0 atom stereocenters. The predicted octanol–water partition coefficient (Wildman–Crippen LogP) is 4.78. The molecular weight excluding hydrogens is 414 g/mol. The zero-order chi connectivity index (χ0) is 23.6. The van der Waals surface area contributed by atoms with E-state index >= 15 is 0 Å². The van der Waals surface area contributed by atoms with Gasteiger partial charge in [0, 0.05) is 11.9 Å². The quantitative estimate of drug-likeness (QED) is 0.558. The van der Waals surface area contributed by atoms with Crippen LogP contribution in [0.2, 0.25) is 0 Å². The summed E-state index contributed by atoms with van der Waals surface area (Å²) in [4.78, 5) is 32.3.